The zero-order valence-corrected chi connectivity index (χ0v) is 7.78. The van der Waals surface area contributed by atoms with Gasteiger partial charge in [0, 0.05) is 12.4 Å². The Bertz CT molecular complexity index is 453. The zero-order chi connectivity index (χ0) is 10.5. The van der Waals surface area contributed by atoms with Crippen molar-refractivity contribution in [2.75, 3.05) is 0 Å². The van der Waals surface area contributed by atoms with E-state index in [0.29, 0.717) is 11.6 Å². The lowest BCUT2D eigenvalue weighted by atomic mass is 10.3. The van der Waals surface area contributed by atoms with E-state index in [-0.39, 0.29) is 5.75 Å². The summed E-state index contributed by atoms with van der Waals surface area (Å²) in [6, 6.07) is 8.10. The molecular weight excluding hydrogens is 192 g/mol. The van der Waals surface area contributed by atoms with E-state index < -0.39 is 0 Å². The third-order valence-electron chi connectivity index (χ3n) is 1.66. The Kier molecular flexibility index (Phi) is 2.64. The molecule has 0 saturated heterocycles. The van der Waals surface area contributed by atoms with E-state index in [1.165, 1.54) is 0 Å². The van der Waals surface area contributed by atoms with Crippen LogP contribution in [0.5, 0.6) is 5.75 Å². The Labute approximate surface area is 86.2 Å². The summed E-state index contributed by atoms with van der Waals surface area (Å²) >= 11 is 0. The first-order valence-electron chi connectivity index (χ1n) is 4.32. The molecule has 1 aromatic heterocycles. The van der Waals surface area contributed by atoms with Crippen LogP contribution in [0.1, 0.15) is 0 Å². The predicted molar refractivity (Wildman–Crippen MR) is 54.3 cm³/mol. The van der Waals surface area contributed by atoms with Gasteiger partial charge in [-0.2, -0.15) is 0 Å². The first-order valence-corrected chi connectivity index (χ1v) is 4.32. The molecule has 2 rings (SSSR count). The minimum atomic E-state index is 0.199. The van der Waals surface area contributed by atoms with Crippen molar-refractivity contribution in [3.05, 3.63) is 42.7 Å². The van der Waals surface area contributed by atoms with Crippen LogP contribution in [0.2, 0.25) is 0 Å². The molecule has 74 valence electrons. The number of phenols is 1. The number of phenolic OH excluding ortho intramolecular Hbond substituents is 1. The van der Waals surface area contributed by atoms with Gasteiger partial charge < -0.3 is 5.11 Å². The molecule has 0 fully saturated rings. The lowest BCUT2D eigenvalue weighted by Gasteiger charge is -1.92. The van der Waals surface area contributed by atoms with Gasteiger partial charge in [0.15, 0.2) is 0 Å². The summed E-state index contributed by atoms with van der Waals surface area (Å²) in [4.78, 5) is 7.78. The normalized spacial score (nSPS) is 10.7. The van der Waals surface area contributed by atoms with Crippen LogP contribution in [-0.2, 0) is 0 Å². The number of hydrogen-bond acceptors (Lipinski definition) is 5. The van der Waals surface area contributed by atoms with Crippen molar-refractivity contribution in [1.29, 1.82) is 0 Å². The van der Waals surface area contributed by atoms with E-state index in [1.807, 2.05) is 0 Å². The van der Waals surface area contributed by atoms with Gasteiger partial charge in [0.1, 0.15) is 5.75 Å². The summed E-state index contributed by atoms with van der Waals surface area (Å²) in [5.74, 6) is 0.510. The first kappa shape index (κ1) is 9.26. The van der Waals surface area contributed by atoms with Gasteiger partial charge in [0.25, 0.3) is 5.95 Å². The van der Waals surface area contributed by atoms with Crippen molar-refractivity contribution in [3.8, 4) is 5.75 Å². The van der Waals surface area contributed by atoms with Crippen LogP contribution in [0.15, 0.2) is 53.0 Å². The Morgan fingerprint density at radius 1 is 0.933 bits per heavy atom. The van der Waals surface area contributed by atoms with Crippen molar-refractivity contribution in [2.24, 2.45) is 10.2 Å². The molecule has 1 aromatic carbocycles. The number of aromatic nitrogens is 2. The highest BCUT2D eigenvalue weighted by molar-refractivity contribution is 5.40. The SMILES string of the molecule is Oc1ccc(N=Nc2ncccn2)cc1. The van der Waals surface area contributed by atoms with Crippen LogP contribution < -0.4 is 0 Å². The minimum Gasteiger partial charge on any atom is -0.508 e. The van der Waals surface area contributed by atoms with Crippen molar-refractivity contribution < 1.29 is 5.11 Å². The molecule has 0 spiro atoms. The van der Waals surface area contributed by atoms with E-state index in [4.69, 9.17) is 5.11 Å². The highest BCUT2D eigenvalue weighted by atomic mass is 16.3. The van der Waals surface area contributed by atoms with Gasteiger partial charge in [-0.1, -0.05) is 0 Å². The summed E-state index contributed by atoms with van der Waals surface area (Å²) in [5.41, 5.74) is 0.639. The molecule has 0 bridgehead atoms. The van der Waals surface area contributed by atoms with Gasteiger partial charge in [0.05, 0.1) is 5.69 Å². The Hall–Kier alpha value is -2.30. The highest BCUT2D eigenvalue weighted by Crippen LogP contribution is 2.18. The maximum atomic E-state index is 9.04. The molecular formula is C10H8N4O. The summed E-state index contributed by atoms with van der Waals surface area (Å²) in [5, 5.41) is 16.8. The van der Waals surface area contributed by atoms with Crippen molar-refractivity contribution in [1.82, 2.24) is 9.97 Å². The summed E-state index contributed by atoms with van der Waals surface area (Å²) in [7, 11) is 0. The Morgan fingerprint density at radius 3 is 2.27 bits per heavy atom. The van der Waals surface area contributed by atoms with Crippen LogP contribution in [0.25, 0.3) is 0 Å². The fourth-order valence-electron chi connectivity index (χ4n) is 0.965. The van der Waals surface area contributed by atoms with E-state index in [9.17, 15) is 0 Å². The standard InChI is InChI=1S/C10H8N4O/c15-9-4-2-8(3-5-9)13-14-10-11-6-1-7-12-10/h1-7,15H. The summed E-state index contributed by atoms with van der Waals surface area (Å²) < 4.78 is 0. The fraction of sp³-hybridized carbons (Fsp3) is 0. The van der Waals surface area contributed by atoms with Crippen molar-refractivity contribution in [3.63, 3.8) is 0 Å². The third kappa shape index (κ3) is 2.57. The van der Waals surface area contributed by atoms with Crippen LogP contribution in [-0.4, -0.2) is 15.1 Å². The van der Waals surface area contributed by atoms with Gasteiger partial charge in [-0.25, -0.2) is 9.97 Å². The van der Waals surface area contributed by atoms with Gasteiger partial charge in [-0.15, -0.1) is 10.2 Å². The maximum absolute atomic E-state index is 9.04. The van der Waals surface area contributed by atoms with Gasteiger partial charge in [-0.05, 0) is 30.3 Å². The smallest absolute Gasteiger partial charge is 0.268 e. The van der Waals surface area contributed by atoms with Crippen LogP contribution in [0, 0.1) is 0 Å². The van der Waals surface area contributed by atoms with Crippen LogP contribution >= 0.6 is 0 Å². The molecule has 0 radical (unpaired) electrons. The number of aromatic hydroxyl groups is 1. The molecule has 2 aromatic rings. The number of rotatable bonds is 2. The maximum Gasteiger partial charge on any atom is 0.268 e. The van der Waals surface area contributed by atoms with E-state index in [0.717, 1.165) is 0 Å². The topological polar surface area (TPSA) is 70.7 Å². The van der Waals surface area contributed by atoms with Crippen LogP contribution in [0.3, 0.4) is 0 Å². The van der Waals surface area contributed by atoms with Crippen molar-refractivity contribution in [2.45, 2.75) is 0 Å². The molecule has 5 heteroatoms. The average Bonchev–Trinajstić information content (AvgIpc) is 2.30. The largest absolute Gasteiger partial charge is 0.508 e. The minimum absolute atomic E-state index is 0.199. The van der Waals surface area contributed by atoms with Gasteiger partial charge in [-0.3, -0.25) is 0 Å². The average molecular weight is 200 g/mol. The third-order valence-corrected chi connectivity index (χ3v) is 1.66. The molecule has 0 saturated carbocycles. The number of azo groups is 1. The molecule has 0 aliphatic heterocycles. The van der Waals surface area contributed by atoms with Gasteiger partial charge >= 0.3 is 0 Å². The van der Waals surface area contributed by atoms with E-state index >= 15 is 0 Å². The van der Waals surface area contributed by atoms with Crippen molar-refractivity contribution >= 4 is 11.6 Å². The van der Waals surface area contributed by atoms with E-state index in [1.54, 1.807) is 42.7 Å². The molecule has 0 amide bonds. The van der Waals surface area contributed by atoms with Crippen LogP contribution in [0.4, 0.5) is 11.6 Å². The fourth-order valence-corrected chi connectivity index (χ4v) is 0.965. The predicted octanol–water partition coefficient (Wildman–Crippen LogP) is 2.60. The molecule has 0 unspecified atom stereocenters. The Morgan fingerprint density at radius 2 is 1.60 bits per heavy atom. The monoisotopic (exact) mass is 200 g/mol. The number of benzene rings is 1. The molecule has 15 heavy (non-hydrogen) atoms. The lowest BCUT2D eigenvalue weighted by Crippen LogP contribution is -1.75. The van der Waals surface area contributed by atoms with E-state index in [2.05, 4.69) is 20.2 Å². The van der Waals surface area contributed by atoms with Gasteiger partial charge in [0.2, 0.25) is 0 Å². The molecule has 0 aliphatic carbocycles. The number of hydrogen-bond donors (Lipinski definition) is 1. The molecule has 1 heterocycles. The highest BCUT2D eigenvalue weighted by Gasteiger charge is 1.91. The molecule has 0 atom stereocenters. The molecule has 5 nitrogen and oxygen atoms in total. The molecule has 1 N–H and O–H groups in total. The second-order valence-electron chi connectivity index (χ2n) is 2.77. The first-order chi connectivity index (χ1) is 7.34. The second kappa shape index (κ2) is 4.28. The number of nitrogens with zero attached hydrogens (tertiary/aromatic N) is 4. The zero-order valence-electron chi connectivity index (χ0n) is 7.78. The Balaban J connectivity index is 2.15. The molecule has 0 aliphatic rings. The quantitative estimate of drug-likeness (QED) is 0.757. The lowest BCUT2D eigenvalue weighted by molar-refractivity contribution is 0.475. The summed E-state index contributed by atoms with van der Waals surface area (Å²) in [6.07, 6.45) is 3.19. The summed E-state index contributed by atoms with van der Waals surface area (Å²) in [6.45, 7) is 0. The second-order valence-corrected chi connectivity index (χ2v) is 2.77.